The Bertz CT molecular complexity index is 1780. The zero-order chi connectivity index (χ0) is 30.9. The van der Waals surface area contributed by atoms with Crippen LogP contribution in [0.5, 0.6) is 23.3 Å². The number of hydrogen-bond acceptors (Lipinski definition) is 9. The molecule has 12 nitrogen and oxygen atoms in total. The highest BCUT2D eigenvalue weighted by Gasteiger charge is 2.19. The van der Waals surface area contributed by atoms with Gasteiger partial charge in [-0.15, -0.1) is 0 Å². The molecule has 4 aromatic carbocycles. The van der Waals surface area contributed by atoms with Gasteiger partial charge in [0.1, 0.15) is 17.2 Å². The Balaban J connectivity index is 1.49. The molecular weight excluding hydrogens is 564 g/mol. The lowest BCUT2D eigenvalue weighted by Gasteiger charge is -2.23. The van der Waals surface area contributed by atoms with Crippen LogP contribution in [0, 0.1) is 0 Å². The number of anilines is 3. The molecule has 12 heteroatoms. The van der Waals surface area contributed by atoms with Crippen molar-refractivity contribution in [2.45, 2.75) is 13.0 Å². The molecule has 224 valence electrons. The third-order valence-corrected chi connectivity index (χ3v) is 6.50. The Morgan fingerprint density at radius 3 is 2.39 bits per heavy atom. The topological polar surface area (TPSA) is 148 Å². The van der Waals surface area contributed by atoms with Crippen molar-refractivity contribution in [2.24, 2.45) is 0 Å². The van der Waals surface area contributed by atoms with Crippen LogP contribution in [0.4, 0.5) is 22.4 Å². The van der Waals surface area contributed by atoms with Crippen LogP contribution in [0.2, 0.25) is 0 Å². The Hall–Kier alpha value is -5.91. The molecule has 44 heavy (non-hydrogen) atoms. The van der Waals surface area contributed by atoms with Gasteiger partial charge in [-0.2, -0.15) is 15.0 Å². The summed E-state index contributed by atoms with van der Waals surface area (Å²) in [5.41, 5.74) is 1.27. The number of aromatic nitrogens is 3. The molecule has 5 aromatic rings. The molecule has 2 amide bonds. The van der Waals surface area contributed by atoms with E-state index < -0.39 is 12.0 Å². The second kappa shape index (κ2) is 13.8. The van der Waals surface area contributed by atoms with Crippen LogP contribution in [-0.4, -0.2) is 52.8 Å². The average Bonchev–Trinajstić information content (AvgIpc) is 3.03. The van der Waals surface area contributed by atoms with E-state index in [1.807, 2.05) is 60.7 Å². The van der Waals surface area contributed by atoms with Crippen molar-refractivity contribution in [1.82, 2.24) is 15.0 Å². The first-order valence-corrected chi connectivity index (χ1v) is 13.6. The van der Waals surface area contributed by atoms with Gasteiger partial charge in [0.15, 0.2) is 0 Å². The molecule has 1 heterocycles. The van der Waals surface area contributed by atoms with Crippen LogP contribution in [0.25, 0.3) is 10.8 Å². The van der Waals surface area contributed by atoms with Crippen molar-refractivity contribution in [3.8, 4) is 23.3 Å². The number of carboxylic acids is 1. The first-order valence-electron chi connectivity index (χ1n) is 13.6. The van der Waals surface area contributed by atoms with Crippen LogP contribution in [-0.2, 0) is 11.3 Å². The predicted octanol–water partition coefficient (Wildman–Crippen LogP) is 5.96. The lowest BCUT2D eigenvalue weighted by molar-refractivity contribution is -0.136. The Morgan fingerprint density at radius 2 is 1.59 bits per heavy atom. The number of aliphatic carboxylic acids is 1. The summed E-state index contributed by atoms with van der Waals surface area (Å²) in [6, 6.07) is 26.9. The second-order valence-corrected chi connectivity index (χ2v) is 9.55. The Labute approximate surface area is 253 Å². The molecule has 1 aromatic heterocycles. The van der Waals surface area contributed by atoms with Gasteiger partial charge in [-0.1, -0.05) is 54.6 Å². The van der Waals surface area contributed by atoms with Crippen LogP contribution in [0.15, 0.2) is 91.0 Å². The molecule has 0 unspecified atom stereocenters. The maximum Gasteiger partial charge on any atom is 0.328 e. The summed E-state index contributed by atoms with van der Waals surface area (Å²) in [7, 11) is 3.07. The molecule has 0 radical (unpaired) electrons. The van der Waals surface area contributed by atoms with E-state index in [9.17, 15) is 14.7 Å². The van der Waals surface area contributed by atoms with Gasteiger partial charge in [0, 0.05) is 13.1 Å². The lowest BCUT2D eigenvalue weighted by atomic mass is 10.1. The average molecular weight is 595 g/mol. The number of nitrogens with zero attached hydrogens (tertiary/aromatic N) is 4. The number of fused-ring (bicyclic) bond motifs is 1. The van der Waals surface area contributed by atoms with Gasteiger partial charge in [0.2, 0.25) is 11.9 Å². The number of carbonyl (C=O) groups is 2. The van der Waals surface area contributed by atoms with Gasteiger partial charge in [0.25, 0.3) is 0 Å². The van der Waals surface area contributed by atoms with Crippen molar-refractivity contribution in [1.29, 1.82) is 0 Å². The number of ether oxygens (including phenoxy) is 3. The van der Waals surface area contributed by atoms with E-state index in [1.54, 1.807) is 42.3 Å². The largest absolute Gasteiger partial charge is 0.497 e. The highest BCUT2D eigenvalue weighted by atomic mass is 16.5. The molecular formula is C32H30N6O6. The molecule has 0 bridgehead atoms. The number of carbonyl (C=O) groups excluding carboxylic acids is 1. The van der Waals surface area contributed by atoms with E-state index in [-0.39, 0.29) is 37.4 Å². The number of nitrogens with one attached hydrogen (secondary N) is 2. The molecule has 5 rings (SSSR count). The summed E-state index contributed by atoms with van der Waals surface area (Å²) in [6.45, 7) is 0.315. The molecule has 0 fully saturated rings. The van der Waals surface area contributed by atoms with E-state index in [0.717, 1.165) is 16.3 Å². The summed E-state index contributed by atoms with van der Waals surface area (Å²) >= 11 is 0. The first-order chi connectivity index (χ1) is 21.4. The van der Waals surface area contributed by atoms with Crippen molar-refractivity contribution >= 4 is 40.4 Å². The number of carboxylic acid groups (broad SMARTS) is 1. The molecule has 0 saturated heterocycles. The molecule has 0 spiro atoms. The maximum atomic E-state index is 13.0. The monoisotopic (exact) mass is 594 g/mol. The molecule has 0 aliphatic heterocycles. The highest BCUT2D eigenvalue weighted by molar-refractivity contribution is 5.99. The zero-order valence-corrected chi connectivity index (χ0v) is 24.1. The van der Waals surface area contributed by atoms with Gasteiger partial charge in [-0.3, -0.25) is 10.1 Å². The number of methoxy groups -OCH3 is 2. The van der Waals surface area contributed by atoms with Crippen molar-refractivity contribution in [2.75, 3.05) is 36.3 Å². The smallest absolute Gasteiger partial charge is 0.328 e. The minimum Gasteiger partial charge on any atom is -0.497 e. The van der Waals surface area contributed by atoms with Gasteiger partial charge in [-0.25, -0.2) is 4.79 Å². The lowest BCUT2D eigenvalue weighted by Crippen LogP contribution is -2.29. The van der Waals surface area contributed by atoms with Crippen LogP contribution >= 0.6 is 0 Å². The number of amides is 2. The number of hydrogen-bond donors (Lipinski definition) is 3. The Morgan fingerprint density at radius 1 is 0.795 bits per heavy atom. The minimum absolute atomic E-state index is 0.0683. The predicted molar refractivity (Wildman–Crippen MR) is 166 cm³/mol. The molecule has 0 aliphatic rings. The third kappa shape index (κ3) is 7.68. The fourth-order valence-electron chi connectivity index (χ4n) is 4.40. The standard InChI is InChI=1S/C32H30N6O6/c1-42-24-11-7-8-21(18-24)20-38(17-16-28(39)40)30-34-29(35-31(41)33-26-12-5-6-13-27(26)43-2)36-32(37-30)44-25-15-14-22-9-3-4-10-23(22)19-25/h3-15,18-19H,16-17,20H2,1-2H3,(H,39,40)(H2,33,34,35,36,37,41). The van der Waals surface area contributed by atoms with E-state index in [1.165, 1.54) is 7.11 Å². The van der Waals surface area contributed by atoms with Gasteiger partial charge < -0.3 is 29.5 Å². The van der Waals surface area contributed by atoms with E-state index in [2.05, 4.69) is 25.6 Å². The van der Waals surface area contributed by atoms with Crippen LogP contribution in [0.1, 0.15) is 12.0 Å². The van der Waals surface area contributed by atoms with E-state index in [4.69, 9.17) is 14.2 Å². The van der Waals surface area contributed by atoms with Crippen molar-refractivity contribution in [3.63, 3.8) is 0 Å². The minimum atomic E-state index is -0.989. The number of urea groups is 1. The van der Waals surface area contributed by atoms with Crippen LogP contribution in [0.3, 0.4) is 0 Å². The fraction of sp³-hybridized carbons (Fsp3) is 0.156. The summed E-state index contributed by atoms with van der Waals surface area (Å²) in [4.78, 5) is 39.5. The quantitative estimate of drug-likeness (QED) is 0.158. The molecule has 0 atom stereocenters. The molecule has 3 N–H and O–H groups in total. The summed E-state index contributed by atoms with van der Waals surface area (Å²) in [6.07, 6.45) is -0.187. The number of rotatable bonds is 12. The first kappa shape index (κ1) is 29.6. The molecule has 0 saturated carbocycles. The summed E-state index contributed by atoms with van der Waals surface area (Å²) in [5.74, 6) is 0.591. The maximum absolute atomic E-state index is 13.0. The third-order valence-electron chi connectivity index (χ3n) is 6.50. The van der Waals surface area contributed by atoms with E-state index >= 15 is 0 Å². The SMILES string of the molecule is COc1cccc(CN(CCC(=O)O)c2nc(NC(=O)Nc3ccccc3OC)nc(Oc3ccc4ccccc4c3)n2)c1. The fourth-order valence-corrected chi connectivity index (χ4v) is 4.40. The van der Waals surface area contributed by atoms with E-state index in [0.29, 0.717) is 22.9 Å². The number of para-hydroxylation sites is 2. The second-order valence-electron chi connectivity index (χ2n) is 9.55. The van der Waals surface area contributed by atoms with Crippen LogP contribution < -0.4 is 29.7 Å². The summed E-state index contributed by atoms with van der Waals surface area (Å²) < 4.78 is 16.7. The molecule has 0 aliphatic carbocycles. The van der Waals surface area contributed by atoms with Gasteiger partial charge in [0.05, 0.1) is 26.3 Å². The van der Waals surface area contributed by atoms with Crippen molar-refractivity contribution < 1.29 is 28.9 Å². The number of benzene rings is 4. The summed E-state index contributed by atoms with van der Waals surface area (Å²) in [5, 5.41) is 16.8. The van der Waals surface area contributed by atoms with Gasteiger partial charge >= 0.3 is 18.0 Å². The zero-order valence-electron chi connectivity index (χ0n) is 24.1. The van der Waals surface area contributed by atoms with Crippen molar-refractivity contribution in [3.05, 3.63) is 96.6 Å². The Kier molecular flexibility index (Phi) is 9.30. The normalized spacial score (nSPS) is 10.6. The highest BCUT2D eigenvalue weighted by Crippen LogP contribution is 2.27. The van der Waals surface area contributed by atoms with Gasteiger partial charge in [-0.05, 0) is 52.7 Å².